The molecule has 26 heavy (non-hydrogen) atoms. The quantitative estimate of drug-likeness (QED) is 0.736. The molecule has 136 valence electrons. The molecule has 0 spiro atoms. The van der Waals surface area contributed by atoms with Crippen molar-refractivity contribution in [2.75, 3.05) is 13.1 Å². The highest BCUT2D eigenvalue weighted by Gasteiger charge is 2.25. The maximum atomic E-state index is 6.11. The number of benzene rings is 1. The van der Waals surface area contributed by atoms with Gasteiger partial charge in [-0.15, -0.1) is 0 Å². The van der Waals surface area contributed by atoms with Gasteiger partial charge in [-0.3, -0.25) is 10.00 Å². The lowest BCUT2D eigenvalue weighted by Gasteiger charge is -2.16. The van der Waals surface area contributed by atoms with Crippen molar-refractivity contribution in [1.29, 1.82) is 0 Å². The number of likely N-dealkylation sites (tertiary alicyclic amines) is 1. The summed E-state index contributed by atoms with van der Waals surface area (Å²) in [5.41, 5.74) is 5.49. The van der Waals surface area contributed by atoms with Crippen molar-refractivity contribution in [3.8, 4) is 11.3 Å². The number of H-pyrrole nitrogens is 1. The fourth-order valence-electron chi connectivity index (χ4n) is 3.51. The highest BCUT2D eigenvalue weighted by Crippen LogP contribution is 2.24. The van der Waals surface area contributed by atoms with E-state index in [0.717, 1.165) is 48.8 Å². The van der Waals surface area contributed by atoms with E-state index in [0.29, 0.717) is 6.61 Å². The van der Waals surface area contributed by atoms with Gasteiger partial charge in [-0.1, -0.05) is 35.5 Å². The monoisotopic (exact) mass is 352 g/mol. The molecule has 0 radical (unpaired) electrons. The fraction of sp³-hybridized carbons (Fsp3) is 0.400. The van der Waals surface area contributed by atoms with Crippen molar-refractivity contribution in [1.82, 2.24) is 20.3 Å². The fourth-order valence-corrected chi connectivity index (χ4v) is 3.51. The molecule has 2 aromatic heterocycles. The lowest BCUT2D eigenvalue weighted by Crippen LogP contribution is -2.23. The smallest absolute Gasteiger partial charge is 0.139 e. The number of hydrogen-bond acceptors (Lipinski definition) is 5. The molecule has 1 aliphatic heterocycles. The van der Waals surface area contributed by atoms with Crippen molar-refractivity contribution in [2.24, 2.45) is 0 Å². The third-order valence-corrected chi connectivity index (χ3v) is 5.05. The Morgan fingerprint density at radius 3 is 2.88 bits per heavy atom. The Hall–Kier alpha value is -2.44. The molecule has 1 fully saturated rings. The van der Waals surface area contributed by atoms with Gasteiger partial charge < -0.3 is 9.26 Å². The van der Waals surface area contributed by atoms with E-state index in [2.05, 4.69) is 32.4 Å². The number of aryl methyl sites for hydroxylation is 2. The second-order valence-corrected chi connectivity index (χ2v) is 6.90. The molecule has 1 aromatic carbocycles. The molecular weight excluding hydrogens is 328 g/mol. The first-order valence-corrected chi connectivity index (χ1v) is 9.04. The number of nitrogens with one attached hydrogen (secondary N) is 1. The molecule has 1 atom stereocenters. The summed E-state index contributed by atoms with van der Waals surface area (Å²) in [6.07, 6.45) is 3.22. The van der Waals surface area contributed by atoms with Crippen molar-refractivity contribution in [2.45, 2.75) is 39.5 Å². The van der Waals surface area contributed by atoms with E-state index in [1.165, 1.54) is 11.1 Å². The van der Waals surface area contributed by atoms with E-state index in [9.17, 15) is 0 Å². The number of hydrogen-bond donors (Lipinski definition) is 1. The summed E-state index contributed by atoms with van der Waals surface area (Å²) < 4.78 is 11.3. The van der Waals surface area contributed by atoms with Gasteiger partial charge in [0.05, 0.1) is 30.3 Å². The summed E-state index contributed by atoms with van der Waals surface area (Å²) in [6.45, 7) is 7.31. The van der Waals surface area contributed by atoms with Gasteiger partial charge in [0.1, 0.15) is 5.76 Å². The Morgan fingerprint density at radius 1 is 1.27 bits per heavy atom. The minimum atomic E-state index is 0.246. The van der Waals surface area contributed by atoms with Gasteiger partial charge in [-0.25, -0.2) is 0 Å². The Morgan fingerprint density at radius 2 is 2.12 bits per heavy atom. The summed E-state index contributed by atoms with van der Waals surface area (Å²) in [5.74, 6) is 0.850. The molecule has 0 amide bonds. The zero-order valence-corrected chi connectivity index (χ0v) is 15.2. The third kappa shape index (κ3) is 3.57. The number of ether oxygens (including phenoxy) is 1. The SMILES string of the molecule is Cc1noc(C)c1COC1CCN(Cc2cn[nH]c2-c2ccccc2)C1. The first-order valence-electron chi connectivity index (χ1n) is 9.04. The topological polar surface area (TPSA) is 67.2 Å². The minimum absolute atomic E-state index is 0.246. The molecule has 3 aromatic rings. The number of rotatable bonds is 6. The van der Waals surface area contributed by atoms with Gasteiger partial charge in [0.2, 0.25) is 0 Å². The van der Waals surface area contributed by atoms with Crippen LogP contribution >= 0.6 is 0 Å². The van der Waals surface area contributed by atoms with E-state index in [-0.39, 0.29) is 6.10 Å². The van der Waals surface area contributed by atoms with Crippen LogP contribution in [0.3, 0.4) is 0 Å². The Kier molecular flexibility index (Phi) is 4.86. The molecule has 1 unspecified atom stereocenters. The third-order valence-electron chi connectivity index (χ3n) is 5.05. The van der Waals surface area contributed by atoms with Crippen LogP contribution in [-0.2, 0) is 17.9 Å². The second-order valence-electron chi connectivity index (χ2n) is 6.90. The summed E-state index contributed by atoms with van der Waals surface area (Å²) in [6, 6.07) is 10.3. The molecule has 4 rings (SSSR count). The van der Waals surface area contributed by atoms with Crippen LogP contribution in [0.15, 0.2) is 41.1 Å². The van der Waals surface area contributed by atoms with Gasteiger partial charge in [0, 0.05) is 30.8 Å². The largest absolute Gasteiger partial charge is 0.372 e. The predicted octanol–water partition coefficient (Wildman–Crippen LogP) is 3.47. The molecule has 1 saturated heterocycles. The Bertz CT molecular complexity index is 836. The van der Waals surface area contributed by atoms with Crippen molar-refractivity contribution < 1.29 is 9.26 Å². The summed E-state index contributed by atoms with van der Waals surface area (Å²) in [7, 11) is 0. The van der Waals surface area contributed by atoms with Gasteiger partial charge in [-0.05, 0) is 25.8 Å². The van der Waals surface area contributed by atoms with Crippen LogP contribution in [0, 0.1) is 13.8 Å². The zero-order chi connectivity index (χ0) is 17.9. The molecule has 0 saturated carbocycles. The van der Waals surface area contributed by atoms with Crippen LogP contribution in [-0.4, -0.2) is 39.4 Å². The standard InChI is InChI=1S/C20H24N4O2/c1-14-19(15(2)26-23-14)13-25-18-8-9-24(12-18)11-17-10-21-22-20(17)16-6-4-3-5-7-16/h3-7,10,18H,8-9,11-13H2,1-2H3,(H,21,22). The number of aromatic nitrogens is 3. The molecule has 6 nitrogen and oxygen atoms in total. The van der Waals surface area contributed by atoms with E-state index in [1.807, 2.05) is 38.2 Å². The lowest BCUT2D eigenvalue weighted by atomic mass is 10.1. The van der Waals surface area contributed by atoms with Crippen LogP contribution in [0.1, 0.15) is 29.0 Å². The van der Waals surface area contributed by atoms with Crippen LogP contribution in [0.4, 0.5) is 0 Å². The van der Waals surface area contributed by atoms with E-state index in [4.69, 9.17) is 9.26 Å². The highest BCUT2D eigenvalue weighted by molar-refractivity contribution is 5.62. The zero-order valence-electron chi connectivity index (χ0n) is 15.2. The van der Waals surface area contributed by atoms with Crippen LogP contribution in [0.5, 0.6) is 0 Å². The van der Waals surface area contributed by atoms with Gasteiger partial charge in [0.15, 0.2) is 0 Å². The van der Waals surface area contributed by atoms with Gasteiger partial charge in [0.25, 0.3) is 0 Å². The number of nitrogens with zero attached hydrogens (tertiary/aromatic N) is 3. The molecule has 0 aliphatic carbocycles. The Balaban J connectivity index is 1.35. The van der Waals surface area contributed by atoms with Crippen LogP contribution in [0.2, 0.25) is 0 Å². The number of aromatic amines is 1. The normalized spacial score (nSPS) is 17.8. The van der Waals surface area contributed by atoms with Crippen molar-refractivity contribution in [3.63, 3.8) is 0 Å². The van der Waals surface area contributed by atoms with Gasteiger partial charge in [-0.2, -0.15) is 5.10 Å². The average Bonchev–Trinajstić information content (AvgIpc) is 3.37. The van der Waals surface area contributed by atoms with Gasteiger partial charge >= 0.3 is 0 Å². The summed E-state index contributed by atoms with van der Waals surface area (Å²) in [4.78, 5) is 2.43. The van der Waals surface area contributed by atoms with Crippen molar-refractivity contribution in [3.05, 3.63) is 59.1 Å². The first kappa shape index (κ1) is 17.0. The van der Waals surface area contributed by atoms with E-state index in [1.54, 1.807) is 0 Å². The second kappa shape index (κ2) is 7.43. The van der Waals surface area contributed by atoms with Crippen LogP contribution in [0.25, 0.3) is 11.3 Å². The maximum Gasteiger partial charge on any atom is 0.139 e. The Labute approximate surface area is 153 Å². The van der Waals surface area contributed by atoms with E-state index < -0.39 is 0 Å². The van der Waals surface area contributed by atoms with Crippen LogP contribution < -0.4 is 0 Å². The average molecular weight is 352 g/mol. The maximum absolute atomic E-state index is 6.11. The minimum Gasteiger partial charge on any atom is -0.372 e. The highest BCUT2D eigenvalue weighted by atomic mass is 16.5. The molecule has 0 bridgehead atoms. The molecule has 1 N–H and O–H groups in total. The summed E-state index contributed by atoms with van der Waals surface area (Å²) >= 11 is 0. The summed E-state index contributed by atoms with van der Waals surface area (Å²) in [5, 5.41) is 11.4. The first-order chi connectivity index (χ1) is 12.7. The predicted molar refractivity (Wildman–Crippen MR) is 98.5 cm³/mol. The van der Waals surface area contributed by atoms with E-state index >= 15 is 0 Å². The molecule has 6 heteroatoms. The molecular formula is C20H24N4O2. The van der Waals surface area contributed by atoms with Crippen molar-refractivity contribution >= 4 is 0 Å². The molecule has 3 heterocycles. The lowest BCUT2D eigenvalue weighted by molar-refractivity contribution is 0.0453. The molecule has 1 aliphatic rings.